The number of methoxy groups -OCH3 is 1. The van der Waals surface area contributed by atoms with Crippen LogP contribution in [0.1, 0.15) is 42.4 Å². The maximum atomic E-state index is 11.5. The Morgan fingerprint density at radius 3 is 2.71 bits per heavy atom. The highest BCUT2D eigenvalue weighted by molar-refractivity contribution is 7.13. The molecule has 110 valence electrons. The van der Waals surface area contributed by atoms with Gasteiger partial charge in [0.05, 0.1) is 12.7 Å². The number of carbonyl (C=O) groups is 1. The summed E-state index contributed by atoms with van der Waals surface area (Å²) in [6.07, 6.45) is 0. The van der Waals surface area contributed by atoms with Crippen LogP contribution in [-0.4, -0.2) is 28.1 Å². The van der Waals surface area contributed by atoms with Crippen LogP contribution in [0.3, 0.4) is 0 Å². The van der Waals surface area contributed by atoms with Crippen LogP contribution in [0.15, 0.2) is 5.38 Å². The number of nitriles is 1. The molecule has 2 aromatic heterocycles. The molecule has 7 nitrogen and oxygen atoms in total. The zero-order valence-corrected chi connectivity index (χ0v) is 13.0. The molecule has 0 bridgehead atoms. The molecule has 0 saturated heterocycles. The molecular weight excluding hydrogens is 290 g/mol. The Hall–Kier alpha value is -2.40. The van der Waals surface area contributed by atoms with Gasteiger partial charge in [-0.25, -0.2) is 4.79 Å². The molecule has 0 aliphatic carbocycles. The Labute approximate surface area is 125 Å². The van der Waals surface area contributed by atoms with Crippen molar-refractivity contribution in [3.05, 3.63) is 22.2 Å². The summed E-state index contributed by atoms with van der Waals surface area (Å²) in [6.45, 7) is 6.05. The van der Waals surface area contributed by atoms with E-state index in [9.17, 15) is 10.1 Å². The number of thiophene rings is 1. The Morgan fingerprint density at radius 2 is 2.19 bits per heavy atom. The number of hydrogen-bond acceptors (Lipinski definition) is 7. The lowest BCUT2D eigenvalue weighted by Crippen LogP contribution is -2.12. The third kappa shape index (κ3) is 2.48. The topological polar surface area (TPSA) is 107 Å². The van der Waals surface area contributed by atoms with Crippen molar-refractivity contribution in [3.8, 4) is 11.1 Å². The number of nitrogens with zero attached hydrogens (tertiary/aromatic N) is 4. The summed E-state index contributed by atoms with van der Waals surface area (Å²) in [5.41, 5.74) is 7.03. The highest BCUT2D eigenvalue weighted by atomic mass is 32.1. The second kappa shape index (κ2) is 5.18. The second-order valence-corrected chi connectivity index (χ2v) is 6.28. The molecule has 2 rings (SSSR count). The Kier molecular flexibility index (Phi) is 3.70. The second-order valence-electron chi connectivity index (χ2n) is 5.42. The lowest BCUT2D eigenvalue weighted by molar-refractivity contribution is 0.0595. The SMILES string of the molecule is COC(=O)c1nnn(-c2scc(C(C)(C)C)c2C#N)c1N. The Morgan fingerprint density at radius 1 is 1.52 bits per heavy atom. The first-order chi connectivity index (χ1) is 9.81. The van der Waals surface area contributed by atoms with Gasteiger partial charge >= 0.3 is 5.97 Å². The van der Waals surface area contributed by atoms with E-state index in [0.717, 1.165) is 5.56 Å². The average molecular weight is 305 g/mol. The number of hydrogen-bond donors (Lipinski definition) is 1. The third-order valence-electron chi connectivity index (χ3n) is 2.97. The maximum Gasteiger partial charge on any atom is 0.362 e. The number of nitrogens with two attached hydrogens (primary N) is 1. The third-order valence-corrected chi connectivity index (χ3v) is 3.92. The molecule has 0 saturated carbocycles. The fraction of sp³-hybridized carbons (Fsp3) is 0.385. The monoisotopic (exact) mass is 305 g/mol. The van der Waals surface area contributed by atoms with Crippen LogP contribution in [0.4, 0.5) is 5.82 Å². The van der Waals surface area contributed by atoms with Crippen LogP contribution in [0.2, 0.25) is 0 Å². The van der Waals surface area contributed by atoms with Crippen molar-refractivity contribution in [2.75, 3.05) is 12.8 Å². The van der Waals surface area contributed by atoms with Crippen LogP contribution in [0, 0.1) is 11.3 Å². The standard InChI is InChI=1S/C13H15N5O2S/c1-13(2,3)8-6-21-11(7(8)5-14)18-10(15)9(16-17-18)12(19)20-4/h6H,15H2,1-4H3. The molecule has 0 radical (unpaired) electrons. The summed E-state index contributed by atoms with van der Waals surface area (Å²) in [6, 6.07) is 2.18. The van der Waals surface area contributed by atoms with E-state index >= 15 is 0 Å². The van der Waals surface area contributed by atoms with E-state index in [-0.39, 0.29) is 16.9 Å². The normalized spacial score (nSPS) is 11.2. The van der Waals surface area contributed by atoms with Gasteiger partial charge in [0.15, 0.2) is 5.82 Å². The predicted octanol–water partition coefficient (Wildman–Crippen LogP) is 1.87. The van der Waals surface area contributed by atoms with Crippen molar-refractivity contribution < 1.29 is 9.53 Å². The van der Waals surface area contributed by atoms with Crippen LogP contribution in [0.5, 0.6) is 0 Å². The van der Waals surface area contributed by atoms with E-state index < -0.39 is 5.97 Å². The van der Waals surface area contributed by atoms with Gasteiger partial charge in [0, 0.05) is 0 Å². The van der Waals surface area contributed by atoms with Crippen LogP contribution >= 0.6 is 11.3 Å². The van der Waals surface area contributed by atoms with Crippen molar-refractivity contribution in [1.29, 1.82) is 5.26 Å². The van der Waals surface area contributed by atoms with E-state index in [1.54, 1.807) is 0 Å². The molecule has 0 unspecified atom stereocenters. The molecule has 21 heavy (non-hydrogen) atoms. The van der Waals surface area contributed by atoms with Gasteiger partial charge in [-0.2, -0.15) is 9.94 Å². The number of anilines is 1. The van der Waals surface area contributed by atoms with E-state index in [0.29, 0.717) is 10.6 Å². The number of ether oxygens (including phenoxy) is 1. The van der Waals surface area contributed by atoms with Gasteiger partial charge in [-0.05, 0) is 16.4 Å². The minimum absolute atomic E-state index is 0.0562. The smallest absolute Gasteiger partial charge is 0.362 e. The van der Waals surface area contributed by atoms with E-state index in [2.05, 4.69) is 21.1 Å². The zero-order valence-electron chi connectivity index (χ0n) is 12.2. The van der Waals surface area contributed by atoms with E-state index in [1.165, 1.54) is 23.1 Å². The van der Waals surface area contributed by atoms with Crippen LogP contribution < -0.4 is 5.73 Å². The molecule has 2 heterocycles. The fourth-order valence-electron chi connectivity index (χ4n) is 1.84. The number of aromatic nitrogens is 3. The molecule has 0 atom stereocenters. The average Bonchev–Trinajstić information content (AvgIpc) is 3.00. The lowest BCUT2D eigenvalue weighted by Gasteiger charge is -2.17. The molecule has 0 aliphatic heterocycles. The lowest BCUT2D eigenvalue weighted by atomic mass is 9.86. The first-order valence-electron chi connectivity index (χ1n) is 6.13. The molecule has 0 fully saturated rings. The van der Waals surface area contributed by atoms with Crippen LogP contribution in [0.25, 0.3) is 5.00 Å². The molecular formula is C13H15N5O2S. The quantitative estimate of drug-likeness (QED) is 0.849. The Bertz CT molecular complexity index is 733. The molecule has 0 aromatic carbocycles. The van der Waals surface area contributed by atoms with Crippen molar-refractivity contribution >= 4 is 23.1 Å². The summed E-state index contributed by atoms with van der Waals surface area (Å²) >= 11 is 1.33. The first-order valence-corrected chi connectivity index (χ1v) is 7.01. The molecule has 0 spiro atoms. The van der Waals surface area contributed by atoms with Crippen molar-refractivity contribution in [2.45, 2.75) is 26.2 Å². The number of carbonyl (C=O) groups excluding carboxylic acids is 1. The predicted molar refractivity (Wildman–Crippen MR) is 78.4 cm³/mol. The van der Waals surface area contributed by atoms with Gasteiger partial charge in [-0.15, -0.1) is 16.4 Å². The van der Waals surface area contributed by atoms with Crippen molar-refractivity contribution in [1.82, 2.24) is 15.0 Å². The molecule has 8 heteroatoms. The molecule has 2 aromatic rings. The summed E-state index contributed by atoms with van der Waals surface area (Å²) in [4.78, 5) is 11.5. The largest absolute Gasteiger partial charge is 0.464 e. The first kappa shape index (κ1) is 15.0. The summed E-state index contributed by atoms with van der Waals surface area (Å²) in [5, 5.41) is 19.4. The minimum atomic E-state index is -0.662. The van der Waals surface area contributed by atoms with Gasteiger partial charge in [-0.1, -0.05) is 26.0 Å². The highest BCUT2D eigenvalue weighted by Crippen LogP contribution is 2.35. The van der Waals surface area contributed by atoms with E-state index in [4.69, 9.17) is 5.73 Å². The minimum Gasteiger partial charge on any atom is -0.464 e. The van der Waals surface area contributed by atoms with Gasteiger partial charge in [0.1, 0.15) is 11.1 Å². The van der Waals surface area contributed by atoms with E-state index in [1.807, 2.05) is 26.2 Å². The highest BCUT2D eigenvalue weighted by Gasteiger charge is 2.26. The van der Waals surface area contributed by atoms with Gasteiger partial charge < -0.3 is 10.5 Å². The number of esters is 1. The molecule has 0 aliphatic rings. The van der Waals surface area contributed by atoms with Crippen LogP contribution in [-0.2, 0) is 10.2 Å². The number of nitrogen functional groups attached to an aromatic ring is 1. The fourth-order valence-corrected chi connectivity index (χ4v) is 3.05. The van der Waals surface area contributed by atoms with Gasteiger partial charge in [0.25, 0.3) is 0 Å². The summed E-state index contributed by atoms with van der Waals surface area (Å²) in [5.74, 6) is -0.606. The summed E-state index contributed by atoms with van der Waals surface area (Å²) in [7, 11) is 1.24. The van der Waals surface area contributed by atoms with Gasteiger partial charge in [-0.3, -0.25) is 0 Å². The van der Waals surface area contributed by atoms with Crippen molar-refractivity contribution in [3.63, 3.8) is 0 Å². The number of rotatable bonds is 2. The maximum absolute atomic E-state index is 11.5. The molecule has 0 amide bonds. The van der Waals surface area contributed by atoms with Gasteiger partial charge in [0.2, 0.25) is 5.69 Å². The summed E-state index contributed by atoms with van der Waals surface area (Å²) < 4.78 is 5.88. The van der Waals surface area contributed by atoms with Crippen molar-refractivity contribution in [2.24, 2.45) is 0 Å². The Balaban J connectivity index is 2.60. The molecule has 2 N–H and O–H groups in total. The zero-order chi connectivity index (χ0) is 15.8.